The molecule has 5 rings (SSSR count). The Morgan fingerprint density at radius 2 is 1.89 bits per heavy atom. The van der Waals surface area contributed by atoms with E-state index in [0.717, 1.165) is 16.5 Å². The Kier molecular flexibility index (Phi) is 6.76. The number of hydrogen-bond donors (Lipinski definition) is 1. The topological polar surface area (TPSA) is 102 Å². The van der Waals surface area contributed by atoms with Crippen LogP contribution in [0.3, 0.4) is 0 Å². The number of methoxy groups -OCH3 is 1. The highest BCUT2D eigenvalue weighted by atomic mass is 19.1. The molecule has 2 aromatic carbocycles. The molecule has 36 heavy (non-hydrogen) atoms. The normalized spacial score (nSPS) is 11.3. The summed E-state index contributed by atoms with van der Waals surface area (Å²) in [7, 11) is 1.59. The molecule has 5 aromatic rings. The Balaban J connectivity index is 1.42. The van der Waals surface area contributed by atoms with Gasteiger partial charge in [0.15, 0.2) is 5.82 Å². The maximum atomic E-state index is 13.3. The third-order valence-corrected chi connectivity index (χ3v) is 5.87. The van der Waals surface area contributed by atoms with Gasteiger partial charge in [0.25, 0.3) is 5.56 Å². The maximum Gasteiger partial charge on any atom is 0.252 e. The van der Waals surface area contributed by atoms with Gasteiger partial charge in [0.05, 0.1) is 25.7 Å². The Bertz CT molecular complexity index is 1520. The number of H-pyrrole nitrogens is 1. The number of tetrazole rings is 1. The number of aromatic amines is 1. The molecule has 182 valence electrons. The summed E-state index contributed by atoms with van der Waals surface area (Å²) in [6.45, 7) is 1.71. The van der Waals surface area contributed by atoms with Gasteiger partial charge in [0.1, 0.15) is 11.6 Å². The molecule has 1 N–H and O–H groups in total. The lowest BCUT2D eigenvalue weighted by atomic mass is 10.1. The highest BCUT2D eigenvalue weighted by Crippen LogP contribution is 2.20. The van der Waals surface area contributed by atoms with Crippen molar-refractivity contribution in [1.29, 1.82) is 0 Å². The minimum absolute atomic E-state index is 0.169. The van der Waals surface area contributed by atoms with E-state index in [-0.39, 0.29) is 11.4 Å². The van der Waals surface area contributed by atoms with Gasteiger partial charge in [-0.2, -0.15) is 0 Å². The first-order chi connectivity index (χ1) is 17.6. The number of nitrogens with zero attached hydrogens (tertiary/aromatic N) is 6. The number of benzene rings is 2. The van der Waals surface area contributed by atoms with E-state index in [1.807, 2.05) is 30.3 Å². The Hall–Kier alpha value is -4.44. The number of aromatic nitrogens is 6. The summed E-state index contributed by atoms with van der Waals surface area (Å²) in [5.74, 6) is 1.01. The smallest absolute Gasteiger partial charge is 0.252 e. The van der Waals surface area contributed by atoms with Crippen molar-refractivity contribution in [2.24, 2.45) is 0 Å². The number of fused-ring (bicyclic) bond motifs is 1. The Morgan fingerprint density at radius 1 is 1.03 bits per heavy atom. The number of pyridine rings is 2. The lowest BCUT2D eigenvalue weighted by Crippen LogP contribution is -2.28. The van der Waals surface area contributed by atoms with Crippen LogP contribution in [-0.4, -0.2) is 42.2 Å². The van der Waals surface area contributed by atoms with E-state index in [4.69, 9.17) is 4.74 Å². The fourth-order valence-corrected chi connectivity index (χ4v) is 4.05. The van der Waals surface area contributed by atoms with E-state index < -0.39 is 0 Å². The van der Waals surface area contributed by atoms with Gasteiger partial charge in [-0.15, -0.1) is 5.10 Å². The molecule has 0 radical (unpaired) electrons. The van der Waals surface area contributed by atoms with Crippen molar-refractivity contribution in [3.05, 3.63) is 112 Å². The van der Waals surface area contributed by atoms with Gasteiger partial charge in [-0.1, -0.05) is 18.2 Å². The first-order valence-electron chi connectivity index (χ1n) is 11.4. The van der Waals surface area contributed by atoms with Crippen LogP contribution in [0.15, 0.2) is 77.9 Å². The van der Waals surface area contributed by atoms with E-state index in [1.165, 1.54) is 12.1 Å². The highest BCUT2D eigenvalue weighted by molar-refractivity contribution is 5.80. The highest BCUT2D eigenvalue weighted by Gasteiger charge is 2.16. The average molecular weight is 486 g/mol. The van der Waals surface area contributed by atoms with Crippen LogP contribution in [-0.2, 0) is 26.2 Å². The van der Waals surface area contributed by atoms with Crippen LogP contribution in [0, 0.1) is 5.82 Å². The lowest BCUT2D eigenvalue weighted by Gasteiger charge is -2.22. The van der Waals surface area contributed by atoms with Gasteiger partial charge in [0.2, 0.25) is 0 Å². The second kappa shape index (κ2) is 10.4. The molecular weight excluding hydrogens is 461 g/mol. The monoisotopic (exact) mass is 485 g/mol. The standard InChI is InChI=1S/C26H24FN7O2/c1-36-23-9-6-20-11-21(26(35)29-24(20)12-23)16-33(14-19-3-2-10-28-13-19)17-25-30-31-32-34(25)15-18-4-7-22(27)8-5-18/h2-13H,14-17H2,1H3,(H,29,35). The Morgan fingerprint density at radius 3 is 2.67 bits per heavy atom. The van der Waals surface area contributed by atoms with Crippen LogP contribution in [0.2, 0.25) is 0 Å². The Labute approximate surface area is 206 Å². The largest absolute Gasteiger partial charge is 0.497 e. The summed E-state index contributed by atoms with van der Waals surface area (Å²) in [5.41, 5.74) is 3.04. The van der Waals surface area contributed by atoms with Crippen LogP contribution in [0.25, 0.3) is 10.9 Å². The number of rotatable bonds is 9. The summed E-state index contributed by atoms with van der Waals surface area (Å²) in [4.78, 5) is 22.2. The second-order valence-corrected chi connectivity index (χ2v) is 8.46. The first kappa shape index (κ1) is 23.3. The number of halogens is 1. The number of hydrogen-bond acceptors (Lipinski definition) is 7. The van der Waals surface area contributed by atoms with Gasteiger partial charge < -0.3 is 9.72 Å². The van der Waals surface area contributed by atoms with Crippen molar-refractivity contribution in [2.75, 3.05) is 7.11 Å². The van der Waals surface area contributed by atoms with Crippen LogP contribution in [0.5, 0.6) is 5.75 Å². The molecule has 0 unspecified atom stereocenters. The van der Waals surface area contributed by atoms with E-state index in [2.05, 4.69) is 30.4 Å². The zero-order chi connectivity index (χ0) is 24.9. The van der Waals surface area contributed by atoms with E-state index in [9.17, 15) is 9.18 Å². The van der Waals surface area contributed by atoms with Gasteiger partial charge >= 0.3 is 0 Å². The maximum absolute atomic E-state index is 13.3. The SMILES string of the molecule is COc1ccc2cc(CN(Cc3cccnc3)Cc3nnnn3Cc3ccc(F)cc3)c(=O)[nH]c2c1. The molecule has 3 heterocycles. The molecule has 3 aromatic heterocycles. The molecule has 0 saturated heterocycles. The average Bonchev–Trinajstić information content (AvgIpc) is 3.32. The molecule has 0 saturated carbocycles. The minimum Gasteiger partial charge on any atom is -0.497 e. The zero-order valence-corrected chi connectivity index (χ0v) is 19.6. The van der Waals surface area contributed by atoms with E-state index in [0.29, 0.717) is 48.8 Å². The van der Waals surface area contributed by atoms with Crippen molar-refractivity contribution in [3.8, 4) is 5.75 Å². The second-order valence-electron chi connectivity index (χ2n) is 8.46. The van der Waals surface area contributed by atoms with E-state index in [1.54, 1.807) is 42.4 Å². The first-order valence-corrected chi connectivity index (χ1v) is 11.4. The molecule has 0 atom stereocenters. The summed E-state index contributed by atoms with van der Waals surface area (Å²) in [6.07, 6.45) is 3.52. The summed E-state index contributed by atoms with van der Waals surface area (Å²) >= 11 is 0. The molecule has 9 nitrogen and oxygen atoms in total. The van der Waals surface area contributed by atoms with Gasteiger partial charge in [-0.25, -0.2) is 9.07 Å². The number of ether oxygens (including phenoxy) is 1. The van der Waals surface area contributed by atoms with Gasteiger partial charge in [0, 0.05) is 37.1 Å². The van der Waals surface area contributed by atoms with Crippen LogP contribution in [0.1, 0.15) is 22.5 Å². The van der Waals surface area contributed by atoms with Crippen LogP contribution >= 0.6 is 0 Å². The fourth-order valence-electron chi connectivity index (χ4n) is 4.05. The molecule has 10 heteroatoms. The van der Waals surface area contributed by atoms with Crippen LogP contribution in [0.4, 0.5) is 4.39 Å². The number of nitrogens with one attached hydrogen (secondary N) is 1. The van der Waals surface area contributed by atoms with Crippen molar-refractivity contribution >= 4 is 10.9 Å². The molecular formula is C26H24FN7O2. The van der Waals surface area contributed by atoms with Crippen molar-refractivity contribution < 1.29 is 9.13 Å². The molecule has 0 aliphatic heterocycles. The minimum atomic E-state index is -0.294. The summed E-state index contributed by atoms with van der Waals surface area (Å²) in [6, 6.07) is 17.6. The van der Waals surface area contributed by atoms with Crippen LogP contribution < -0.4 is 10.3 Å². The third-order valence-electron chi connectivity index (χ3n) is 5.87. The summed E-state index contributed by atoms with van der Waals surface area (Å²) < 4.78 is 20.3. The molecule has 0 spiro atoms. The van der Waals surface area contributed by atoms with Gasteiger partial charge in [-0.3, -0.25) is 14.7 Å². The molecule has 0 amide bonds. The van der Waals surface area contributed by atoms with Crippen molar-refractivity contribution in [2.45, 2.75) is 26.2 Å². The molecule has 0 bridgehead atoms. The van der Waals surface area contributed by atoms with Crippen molar-refractivity contribution in [3.63, 3.8) is 0 Å². The van der Waals surface area contributed by atoms with E-state index >= 15 is 0 Å². The predicted octanol–water partition coefficient (Wildman–Crippen LogP) is 3.31. The lowest BCUT2D eigenvalue weighted by molar-refractivity contribution is 0.235. The zero-order valence-electron chi connectivity index (χ0n) is 19.6. The van der Waals surface area contributed by atoms with Gasteiger partial charge in [-0.05, 0) is 63.3 Å². The van der Waals surface area contributed by atoms with Crippen molar-refractivity contribution in [1.82, 2.24) is 35.1 Å². The predicted molar refractivity (Wildman–Crippen MR) is 132 cm³/mol. The third kappa shape index (κ3) is 5.44. The fraction of sp³-hybridized carbons (Fsp3) is 0.192. The molecule has 0 aliphatic rings. The molecule has 0 fully saturated rings. The summed E-state index contributed by atoms with van der Waals surface area (Å²) in [5, 5.41) is 13.1. The molecule has 0 aliphatic carbocycles. The quantitative estimate of drug-likeness (QED) is 0.342.